The van der Waals surface area contributed by atoms with Crippen LogP contribution in [0.5, 0.6) is 0 Å². The number of hydrogen-bond acceptors (Lipinski definition) is 7. The smallest absolute Gasteiger partial charge is 0.336 e. The van der Waals surface area contributed by atoms with Crippen molar-refractivity contribution in [2.75, 3.05) is 31.7 Å². The van der Waals surface area contributed by atoms with Crippen LogP contribution < -0.4 is 4.90 Å². The van der Waals surface area contributed by atoms with E-state index < -0.39 is 12.1 Å². The number of esters is 1. The number of aryl methyl sites for hydroxylation is 1. The molecule has 2 heterocycles. The van der Waals surface area contributed by atoms with Gasteiger partial charge in [0.1, 0.15) is 11.6 Å². The Labute approximate surface area is 129 Å². The van der Waals surface area contributed by atoms with Crippen molar-refractivity contribution >= 4 is 11.8 Å². The Hall–Kier alpha value is -2.20. The monoisotopic (exact) mass is 304 g/mol. The molecule has 22 heavy (non-hydrogen) atoms. The largest absolute Gasteiger partial charge is 0.467 e. The van der Waals surface area contributed by atoms with Crippen molar-refractivity contribution in [2.24, 2.45) is 0 Å². The number of methoxy groups -OCH3 is 1. The summed E-state index contributed by atoms with van der Waals surface area (Å²) in [6.07, 6.45) is 0.793. The van der Waals surface area contributed by atoms with Crippen LogP contribution in [0.1, 0.15) is 30.7 Å². The van der Waals surface area contributed by atoms with Gasteiger partial charge in [0.25, 0.3) is 0 Å². The lowest BCUT2D eigenvalue weighted by Crippen LogP contribution is -2.47. The van der Waals surface area contributed by atoms with Crippen LogP contribution >= 0.6 is 0 Å². The first-order valence-electron chi connectivity index (χ1n) is 7.39. The van der Waals surface area contributed by atoms with Gasteiger partial charge in [-0.25, -0.2) is 4.79 Å². The number of rotatable bonds is 4. The highest BCUT2D eigenvalue weighted by Gasteiger charge is 2.30. The normalized spacial score (nSPS) is 17.9. The summed E-state index contributed by atoms with van der Waals surface area (Å²) in [6.45, 7) is 5.24. The third kappa shape index (κ3) is 3.02. The van der Waals surface area contributed by atoms with E-state index in [1.807, 2.05) is 18.7 Å². The minimum atomic E-state index is -0.664. The summed E-state index contributed by atoms with van der Waals surface area (Å²) >= 11 is 0. The first-order valence-corrected chi connectivity index (χ1v) is 7.39. The quantitative estimate of drug-likeness (QED) is 0.762. The fourth-order valence-electron chi connectivity index (χ4n) is 2.62. The number of morpholine rings is 1. The standard InChI is InChI=1S/C15H20N4O3/c1-4-10-11(8-16)14(18-17-12(10)5-2)19-6-7-22-13(9-19)15(20)21-3/h13H,4-7,9H2,1-3H3. The van der Waals surface area contributed by atoms with Crippen molar-refractivity contribution in [3.8, 4) is 6.07 Å². The maximum Gasteiger partial charge on any atom is 0.336 e. The Morgan fingerprint density at radius 2 is 2.23 bits per heavy atom. The van der Waals surface area contributed by atoms with E-state index in [2.05, 4.69) is 16.3 Å². The summed E-state index contributed by atoms with van der Waals surface area (Å²) < 4.78 is 10.1. The van der Waals surface area contributed by atoms with E-state index in [0.717, 1.165) is 24.1 Å². The number of nitrogens with zero attached hydrogens (tertiary/aromatic N) is 4. The van der Waals surface area contributed by atoms with Crippen LogP contribution in [0.2, 0.25) is 0 Å². The molecular formula is C15H20N4O3. The molecule has 0 N–H and O–H groups in total. The van der Waals surface area contributed by atoms with Crippen molar-refractivity contribution in [3.63, 3.8) is 0 Å². The molecule has 2 rings (SSSR count). The molecule has 0 aliphatic carbocycles. The second-order valence-electron chi connectivity index (χ2n) is 4.97. The first kappa shape index (κ1) is 16.2. The van der Waals surface area contributed by atoms with Gasteiger partial charge in [0.2, 0.25) is 0 Å². The molecule has 0 spiro atoms. The fraction of sp³-hybridized carbons (Fsp3) is 0.600. The maximum absolute atomic E-state index is 11.6. The van der Waals surface area contributed by atoms with Gasteiger partial charge < -0.3 is 14.4 Å². The molecule has 1 aromatic heterocycles. The predicted octanol–water partition coefficient (Wildman–Crippen LogP) is 0.851. The number of nitriles is 1. The third-order valence-corrected chi connectivity index (χ3v) is 3.77. The average molecular weight is 304 g/mol. The van der Waals surface area contributed by atoms with Crippen LogP contribution in [0.3, 0.4) is 0 Å². The molecule has 0 saturated carbocycles. The highest BCUT2D eigenvalue weighted by Crippen LogP contribution is 2.25. The van der Waals surface area contributed by atoms with Crippen molar-refractivity contribution in [3.05, 3.63) is 16.8 Å². The van der Waals surface area contributed by atoms with Gasteiger partial charge in [0.15, 0.2) is 11.9 Å². The SMILES string of the molecule is CCc1nnc(N2CCOC(C(=O)OC)C2)c(C#N)c1CC. The molecule has 0 bridgehead atoms. The molecule has 0 aromatic carbocycles. The topological polar surface area (TPSA) is 88.3 Å². The van der Waals surface area contributed by atoms with Gasteiger partial charge in [-0.05, 0) is 18.4 Å². The summed E-state index contributed by atoms with van der Waals surface area (Å²) in [4.78, 5) is 13.5. The number of aromatic nitrogens is 2. The third-order valence-electron chi connectivity index (χ3n) is 3.77. The van der Waals surface area contributed by atoms with E-state index in [4.69, 9.17) is 9.47 Å². The van der Waals surface area contributed by atoms with Crippen LogP contribution in [0.25, 0.3) is 0 Å². The van der Waals surface area contributed by atoms with E-state index >= 15 is 0 Å². The highest BCUT2D eigenvalue weighted by atomic mass is 16.6. The minimum absolute atomic E-state index is 0.310. The van der Waals surface area contributed by atoms with Crippen molar-refractivity contribution in [2.45, 2.75) is 32.8 Å². The Morgan fingerprint density at radius 1 is 1.45 bits per heavy atom. The second kappa shape index (κ2) is 7.18. The zero-order chi connectivity index (χ0) is 16.1. The van der Waals surface area contributed by atoms with Crippen molar-refractivity contribution in [1.29, 1.82) is 5.26 Å². The molecular weight excluding hydrogens is 284 g/mol. The Kier molecular flexibility index (Phi) is 5.28. The van der Waals surface area contributed by atoms with Crippen molar-refractivity contribution in [1.82, 2.24) is 10.2 Å². The molecule has 7 heteroatoms. The Morgan fingerprint density at radius 3 is 2.82 bits per heavy atom. The number of ether oxygens (including phenoxy) is 2. The molecule has 0 amide bonds. The average Bonchev–Trinajstić information content (AvgIpc) is 2.59. The summed E-state index contributed by atoms with van der Waals surface area (Å²) in [5.74, 6) is 0.103. The zero-order valence-corrected chi connectivity index (χ0v) is 13.1. The second-order valence-corrected chi connectivity index (χ2v) is 4.97. The first-order chi connectivity index (χ1) is 10.7. The summed E-state index contributed by atoms with van der Waals surface area (Å²) in [5.41, 5.74) is 2.32. The Bertz CT molecular complexity index is 597. The van der Waals surface area contributed by atoms with Gasteiger partial charge >= 0.3 is 5.97 Å². The van der Waals surface area contributed by atoms with E-state index in [0.29, 0.717) is 31.1 Å². The van der Waals surface area contributed by atoms with Gasteiger partial charge in [-0.15, -0.1) is 5.10 Å². The summed E-state index contributed by atoms with van der Waals surface area (Å²) in [6, 6.07) is 2.24. The summed E-state index contributed by atoms with van der Waals surface area (Å²) in [5, 5.41) is 18.0. The van der Waals surface area contributed by atoms with Gasteiger partial charge in [-0.3, -0.25) is 0 Å². The van der Waals surface area contributed by atoms with Gasteiger partial charge in [-0.2, -0.15) is 10.4 Å². The molecule has 1 saturated heterocycles. The lowest BCUT2D eigenvalue weighted by molar-refractivity contribution is -0.154. The Balaban J connectivity index is 2.36. The van der Waals surface area contributed by atoms with Gasteiger partial charge in [0, 0.05) is 6.54 Å². The van der Waals surface area contributed by atoms with Gasteiger partial charge in [0.05, 0.1) is 26.0 Å². The number of anilines is 1. The van der Waals surface area contributed by atoms with Crippen LogP contribution in [0.15, 0.2) is 0 Å². The number of hydrogen-bond donors (Lipinski definition) is 0. The molecule has 1 fully saturated rings. The van der Waals surface area contributed by atoms with Crippen LogP contribution in [-0.4, -0.2) is 49.1 Å². The molecule has 0 radical (unpaired) electrons. The van der Waals surface area contributed by atoms with Gasteiger partial charge in [-0.1, -0.05) is 13.8 Å². The fourth-order valence-corrected chi connectivity index (χ4v) is 2.62. The van der Waals surface area contributed by atoms with Crippen LogP contribution in [0, 0.1) is 11.3 Å². The molecule has 1 aliphatic rings. The minimum Gasteiger partial charge on any atom is -0.467 e. The molecule has 1 unspecified atom stereocenters. The lowest BCUT2D eigenvalue weighted by atomic mass is 10.0. The van der Waals surface area contributed by atoms with Crippen molar-refractivity contribution < 1.29 is 14.3 Å². The van der Waals surface area contributed by atoms with E-state index in [1.54, 1.807) is 0 Å². The molecule has 1 aliphatic heterocycles. The molecule has 1 aromatic rings. The molecule has 118 valence electrons. The van der Waals surface area contributed by atoms with Crippen LogP contribution in [-0.2, 0) is 27.1 Å². The van der Waals surface area contributed by atoms with Crippen LogP contribution in [0.4, 0.5) is 5.82 Å². The highest BCUT2D eigenvalue weighted by molar-refractivity contribution is 5.76. The molecule has 7 nitrogen and oxygen atoms in total. The lowest BCUT2D eigenvalue weighted by Gasteiger charge is -2.32. The summed E-state index contributed by atoms with van der Waals surface area (Å²) in [7, 11) is 1.33. The maximum atomic E-state index is 11.6. The molecule has 1 atom stereocenters. The zero-order valence-electron chi connectivity index (χ0n) is 13.1. The van der Waals surface area contributed by atoms with E-state index in [1.165, 1.54) is 7.11 Å². The number of carbonyl (C=O) groups excluding carboxylic acids is 1. The predicted molar refractivity (Wildman–Crippen MR) is 79.5 cm³/mol. The van der Waals surface area contributed by atoms with E-state index in [-0.39, 0.29) is 0 Å². The van der Waals surface area contributed by atoms with E-state index in [9.17, 15) is 10.1 Å². The number of carbonyl (C=O) groups is 1.